The molecule has 0 saturated carbocycles. The summed E-state index contributed by atoms with van der Waals surface area (Å²) in [5.41, 5.74) is 2.20. The average Bonchev–Trinajstić information content (AvgIpc) is 2.86. The maximum atomic E-state index is 12.4. The fourth-order valence-corrected chi connectivity index (χ4v) is 2.90. The van der Waals surface area contributed by atoms with Crippen molar-refractivity contribution in [1.29, 1.82) is 0 Å². The molecule has 1 amide bonds. The minimum Gasteiger partial charge on any atom is -0.347 e. The van der Waals surface area contributed by atoms with E-state index in [4.69, 9.17) is 23.2 Å². The molecule has 2 aromatic heterocycles. The number of pyridine rings is 1. The summed E-state index contributed by atoms with van der Waals surface area (Å²) in [6, 6.07) is 10.9. The first-order valence-electron chi connectivity index (χ1n) is 7.20. The number of carbonyl (C=O) groups excluding carboxylic acids is 1. The van der Waals surface area contributed by atoms with Crippen LogP contribution in [-0.4, -0.2) is 21.3 Å². The molecule has 0 saturated heterocycles. The number of fused-ring (bicyclic) bond motifs is 1. The summed E-state index contributed by atoms with van der Waals surface area (Å²) in [6.45, 7) is 3.81. The van der Waals surface area contributed by atoms with E-state index in [1.165, 1.54) is 0 Å². The Bertz CT molecular complexity index is 887. The Hall–Kier alpha value is -2.04. The summed E-state index contributed by atoms with van der Waals surface area (Å²) < 4.78 is 1.76. The quantitative estimate of drug-likeness (QED) is 0.760. The zero-order valence-corrected chi connectivity index (χ0v) is 14.2. The fraction of sp³-hybridized carbons (Fsp3) is 0.176. The molecule has 0 unspecified atom stereocenters. The van der Waals surface area contributed by atoms with Crippen LogP contribution in [0, 0.1) is 0 Å². The molecule has 1 N–H and O–H groups in total. The molecule has 0 bridgehead atoms. The van der Waals surface area contributed by atoms with Crippen LogP contribution >= 0.6 is 23.2 Å². The van der Waals surface area contributed by atoms with Crippen LogP contribution in [0.5, 0.6) is 0 Å². The van der Waals surface area contributed by atoms with Gasteiger partial charge < -0.3 is 5.32 Å². The molecule has 0 aliphatic carbocycles. The van der Waals surface area contributed by atoms with Crippen LogP contribution in [0.4, 0.5) is 0 Å². The summed E-state index contributed by atoms with van der Waals surface area (Å²) in [5.74, 6) is 0.104. The number of halogens is 2. The summed E-state index contributed by atoms with van der Waals surface area (Å²) in [4.78, 5) is 16.9. The van der Waals surface area contributed by atoms with E-state index in [0.29, 0.717) is 21.6 Å². The van der Waals surface area contributed by atoms with Gasteiger partial charge in [-0.15, -0.1) is 0 Å². The first-order valence-corrected chi connectivity index (χ1v) is 7.96. The smallest absolute Gasteiger partial charge is 0.287 e. The molecule has 0 atom stereocenters. The second-order valence-corrected chi connectivity index (χ2v) is 6.34. The molecule has 0 aliphatic heterocycles. The number of nitrogens with zero attached hydrogens (tertiary/aromatic N) is 2. The van der Waals surface area contributed by atoms with E-state index in [2.05, 4.69) is 10.3 Å². The summed E-state index contributed by atoms with van der Waals surface area (Å²) in [7, 11) is 0. The zero-order chi connectivity index (χ0) is 16.6. The summed E-state index contributed by atoms with van der Waals surface area (Å²) in [6.07, 6.45) is 1.81. The number of imidazole rings is 1. The third-order valence-electron chi connectivity index (χ3n) is 3.36. The van der Waals surface area contributed by atoms with Crippen molar-refractivity contribution >= 4 is 34.6 Å². The topological polar surface area (TPSA) is 46.4 Å². The van der Waals surface area contributed by atoms with Crippen LogP contribution in [0.3, 0.4) is 0 Å². The molecule has 6 heteroatoms. The van der Waals surface area contributed by atoms with Gasteiger partial charge in [-0.1, -0.05) is 29.3 Å². The van der Waals surface area contributed by atoms with Crippen LogP contribution in [0.25, 0.3) is 16.8 Å². The Morgan fingerprint density at radius 2 is 2.00 bits per heavy atom. The number of amides is 1. The third kappa shape index (κ3) is 3.05. The SMILES string of the molecule is CC(C)NC(=O)c1nc(-c2ccc(Cl)cc2Cl)c2ccccn12. The van der Waals surface area contributed by atoms with Crippen LogP contribution in [-0.2, 0) is 0 Å². The lowest BCUT2D eigenvalue weighted by Crippen LogP contribution is -2.31. The second kappa shape index (κ2) is 6.22. The number of hydrogen-bond donors (Lipinski definition) is 1. The van der Waals surface area contributed by atoms with Gasteiger partial charge in [-0.3, -0.25) is 9.20 Å². The molecule has 23 heavy (non-hydrogen) atoms. The Kier molecular flexibility index (Phi) is 4.28. The largest absolute Gasteiger partial charge is 0.347 e. The number of benzene rings is 1. The Morgan fingerprint density at radius 1 is 1.22 bits per heavy atom. The zero-order valence-electron chi connectivity index (χ0n) is 12.7. The first kappa shape index (κ1) is 15.8. The Morgan fingerprint density at radius 3 is 2.70 bits per heavy atom. The van der Waals surface area contributed by atoms with Crippen molar-refractivity contribution in [3.63, 3.8) is 0 Å². The average molecular weight is 348 g/mol. The number of carbonyl (C=O) groups is 1. The highest BCUT2D eigenvalue weighted by molar-refractivity contribution is 6.36. The van der Waals surface area contributed by atoms with Crippen molar-refractivity contribution in [3.05, 3.63) is 58.5 Å². The molecule has 3 aromatic rings. The second-order valence-electron chi connectivity index (χ2n) is 5.49. The van der Waals surface area contributed by atoms with Crippen LogP contribution in [0.1, 0.15) is 24.5 Å². The molecular formula is C17H15Cl2N3O. The molecule has 2 heterocycles. The highest BCUT2D eigenvalue weighted by atomic mass is 35.5. The fourth-order valence-electron chi connectivity index (χ4n) is 2.40. The van der Waals surface area contributed by atoms with E-state index < -0.39 is 0 Å². The molecule has 0 fully saturated rings. The van der Waals surface area contributed by atoms with Crippen molar-refractivity contribution in [2.75, 3.05) is 0 Å². The number of rotatable bonds is 3. The lowest BCUT2D eigenvalue weighted by Gasteiger charge is -2.06. The van der Waals surface area contributed by atoms with Crippen molar-refractivity contribution in [2.24, 2.45) is 0 Å². The lowest BCUT2D eigenvalue weighted by molar-refractivity contribution is 0.0932. The van der Waals surface area contributed by atoms with Gasteiger partial charge in [0, 0.05) is 22.8 Å². The van der Waals surface area contributed by atoms with Gasteiger partial charge in [-0.25, -0.2) is 4.98 Å². The van der Waals surface area contributed by atoms with Crippen molar-refractivity contribution < 1.29 is 4.79 Å². The van der Waals surface area contributed by atoms with E-state index >= 15 is 0 Å². The molecule has 118 valence electrons. The van der Waals surface area contributed by atoms with Gasteiger partial charge in [0.05, 0.1) is 16.2 Å². The number of aromatic nitrogens is 2. The van der Waals surface area contributed by atoms with E-state index in [1.54, 1.807) is 16.5 Å². The normalized spacial score (nSPS) is 11.2. The van der Waals surface area contributed by atoms with E-state index in [9.17, 15) is 4.79 Å². The predicted molar refractivity (Wildman–Crippen MR) is 93.3 cm³/mol. The Labute approximate surface area is 144 Å². The molecule has 1 aromatic carbocycles. The van der Waals surface area contributed by atoms with Crippen molar-refractivity contribution in [3.8, 4) is 11.3 Å². The maximum Gasteiger partial charge on any atom is 0.287 e. The van der Waals surface area contributed by atoms with Gasteiger partial charge in [0.2, 0.25) is 5.82 Å². The van der Waals surface area contributed by atoms with Crippen molar-refractivity contribution in [2.45, 2.75) is 19.9 Å². The molecule has 4 nitrogen and oxygen atoms in total. The van der Waals surface area contributed by atoms with Crippen LogP contribution < -0.4 is 5.32 Å². The number of hydrogen-bond acceptors (Lipinski definition) is 2. The van der Waals surface area contributed by atoms with Gasteiger partial charge in [0.25, 0.3) is 5.91 Å². The molecule has 0 radical (unpaired) electrons. The Balaban J connectivity index is 2.20. The van der Waals surface area contributed by atoms with Gasteiger partial charge in [0.1, 0.15) is 0 Å². The summed E-state index contributed by atoms with van der Waals surface area (Å²) in [5, 5.41) is 3.92. The molecule has 3 rings (SSSR count). The highest BCUT2D eigenvalue weighted by Crippen LogP contribution is 2.32. The molecular weight excluding hydrogens is 333 g/mol. The molecule has 0 aliphatic rings. The standard InChI is InChI=1S/C17H15Cl2N3O/c1-10(2)20-17(23)16-21-15(14-5-3-4-8-22(14)16)12-7-6-11(18)9-13(12)19/h3-10H,1-2H3,(H,20,23). The van der Waals surface area contributed by atoms with Gasteiger partial charge in [0.15, 0.2) is 0 Å². The maximum absolute atomic E-state index is 12.4. The predicted octanol–water partition coefficient (Wildman–Crippen LogP) is 4.45. The minimum absolute atomic E-state index is 0.0288. The number of nitrogens with one attached hydrogen (secondary N) is 1. The van der Waals surface area contributed by atoms with Gasteiger partial charge in [-0.2, -0.15) is 0 Å². The lowest BCUT2D eigenvalue weighted by atomic mass is 10.1. The third-order valence-corrected chi connectivity index (χ3v) is 3.91. The minimum atomic E-state index is -0.225. The van der Waals surface area contributed by atoms with Gasteiger partial charge >= 0.3 is 0 Å². The highest BCUT2D eigenvalue weighted by Gasteiger charge is 2.19. The van der Waals surface area contributed by atoms with Crippen molar-refractivity contribution in [1.82, 2.24) is 14.7 Å². The summed E-state index contributed by atoms with van der Waals surface area (Å²) >= 11 is 12.3. The van der Waals surface area contributed by atoms with Gasteiger partial charge in [-0.05, 0) is 44.2 Å². The van der Waals surface area contributed by atoms with Crippen LogP contribution in [0.15, 0.2) is 42.6 Å². The van der Waals surface area contributed by atoms with E-state index in [1.807, 2.05) is 44.3 Å². The monoisotopic (exact) mass is 347 g/mol. The van der Waals surface area contributed by atoms with Crippen LogP contribution in [0.2, 0.25) is 10.0 Å². The van der Waals surface area contributed by atoms with E-state index in [0.717, 1.165) is 11.1 Å². The molecule has 0 spiro atoms. The first-order chi connectivity index (χ1) is 11.0. The van der Waals surface area contributed by atoms with E-state index in [-0.39, 0.29) is 11.9 Å².